The number of piperazine rings is 1. The van der Waals surface area contributed by atoms with E-state index in [1.165, 1.54) is 5.56 Å². The Bertz CT molecular complexity index is 1130. The van der Waals surface area contributed by atoms with Crippen LogP contribution in [-0.4, -0.2) is 80.0 Å². The lowest BCUT2D eigenvalue weighted by atomic mass is 9.93. The summed E-state index contributed by atoms with van der Waals surface area (Å²) in [5.74, 6) is 0.662. The Morgan fingerprint density at radius 3 is 2.47 bits per heavy atom. The molecule has 2 aliphatic rings. The molecule has 1 aliphatic heterocycles. The Balaban J connectivity index is 1.42. The van der Waals surface area contributed by atoms with E-state index < -0.39 is 0 Å². The van der Waals surface area contributed by atoms with Crippen molar-refractivity contribution in [2.24, 2.45) is 0 Å². The van der Waals surface area contributed by atoms with Crippen molar-refractivity contribution in [3.63, 3.8) is 0 Å². The largest absolute Gasteiger partial charge is 0.393 e. The number of likely N-dealkylation sites (N-methyl/N-ethyl adjacent to an activating group) is 1. The van der Waals surface area contributed by atoms with Crippen molar-refractivity contribution in [2.45, 2.75) is 77.1 Å². The number of aliphatic hydroxyl groups excluding tert-OH is 1. The molecule has 36 heavy (non-hydrogen) atoms. The second-order valence-corrected chi connectivity index (χ2v) is 10.8. The van der Waals surface area contributed by atoms with Crippen LogP contribution >= 0.6 is 0 Å². The number of nitrogens with one attached hydrogen (secondary N) is 1. The number of aromatic nitrogens is 4. The summed E-state index contributed by atoms with van der Waals surface area (Å²) in [6.45, 7) is 9.86. The minimum absolute atomic E-state index is 0.197. The zero-order chi connectivity index (χ0) is 25.1. The van der Waals surface area contributed by atoms with Gasteiger partial charge < -0.3 is 15.3 Å². The van der Waals surface area contributed by atoms with Gasteiger partial charge in [0.05, 0.1) is 17.5 Å². The highest BCUT2D eigenvalue weighted by molar-refractivity contribution is 5.91. The molecule has 0 spiro atoms. The van der Waals surface area contributed by atoms with Gasteiger partial charge in [0.1, 0.15) is 5.69 Å². The fourth-order valence-corrected chi connectivity index (χ4v) is 5.52. The molecule has 0 amide bonds. The van der Waals surface area contributed by atoms with Gasteiger partial charge in [-0.2, -0.15) is 10.1 Å². The van der Waals surface area contributed by atoms with E-state index >= 15 is 0 Å². The first-order valence-corrected chi connectivity index (χ1v) is 13.7. The van der Waals surface area contributed by atoms with Crippen LogP contribution in [-0.2, 0) is 6.54 Å². The second kappa shape index (κ2) is 11.2. The molecule has 8 heteroatoms. The summed E-state index contributed by atoms with van der Waals surface area (Å²) in [4.78, 5) is 14.5. The van der Waals surface area contributed by atoms with Gasteiger partial charge in [0.2, 0.25) is 5.95 Å². The van der Waals surface area contributed by atoms with E-state index in [0.29, 0.717) is 12.0 Å². The Kier molecular flexibility index (Phi) is 7.84. The molecule has 194 valence electrons. The first-order valence-electron chi connectivity index (χ1n) is 13.7. The zero-order valence-corrected chi connectivity index (χ0v) is 22.0. The van der Waals surface area contributed by atoms with Gasteiger partial charge in [-0.25, -0.2) is 9.67 Å². The summed E-state index contributed by atoms with van der Waals surface area (Å²) in [6, 6.07) is 9.42. The lowest BCUT2D eigenvalue weighted by Crippen LogP contribution is -2.43. The monoisotopic (exact) mass is 491 g/mol. The smallest absolute Gasteiger partial charge is 0.224 e. The zero-order valence-electron chi connectivity index (χ0n) is 22.0. The number of nitrogens with zero attached hydrogens (tertiary/aromatic N) is 6. The maximum Gasteiger partial charge on any atom is 0.224 e. The molecule has 0 bridgehead atoms. The highest BCUT2D eigenvalue weighted by Crippen LogP contribution is 2.34. The predicted octanol–water partition coefficient (Wildman–Crippen LogP) is 4.32. The number of hydrogen-bond donors (Lipinski definition) is 2. The first-order chi connectivity index (χ1) is 17.5. The van der Waals surface area contributed by atoms with Crippen LogP contribution in [0.25, 0.3) is 22.3 Å². The summed E-state index contributed by atoms with van der Waals surface area (Å²) in [5.41, 5.74) is 4.26. The molecule has 0 radical (unpaired) electrons. The molecule has 1 saturated carbocycles. The van der Waals surface area contributed by atoms with Gasteiger partial charge in [0.25, 0.3) is 0 Å². The number of aliphatic hydroxyl groups is 1. The summed E-state index contributed by atoms with van der Waals surface area (Å²) < 4.78 is 2.10. The van der Waals surface area contributed by atoms with Crippen molar-refractivity contribution in [1.29, 1.82) is 0 Å². The maximum atomic E-state index is 10.0. The van der Waals surface area contributed by atoms with E-state index in [-0.39, 0.29) is 12.1 Å². The van der Waals surface area contributed by atoms with Crippen molar-refractivity contribution >= 4 is 17.0 Å². The summed E-state index contributed by atoms with van der Waals surface area (Å²) in [7, 11) is 2.19. The standard InChI is InChI=1S/C28H41N7O/c1-4-5-20(2)30-28-29-18-25-26(32-35(27(25)31-28)23-10-12-24(36)13-11-23)22-8-6-21(7-9-22)19-34-16-14-33(3)15-17-34/h6-9,18,20,23-24,36H,4-5,10-17,19H2,1-3H3,(H,29,30,31)/t20-,23?,24?/m0/s1. The molecule has 0 unspecified atom stereocenters. The predicted molar refractivity (Wildman–Crippen MR) is 145 cm³/mol. The molecular formula is C28H41N7O. The van der Waals surface area contributed by atoms with Crippen LogP contribution in [0.5, 0.6) is 0 Å². The molecular weight excluding hydrogens is 450 g/mol. The summed E-state index contributed by atoms with van der Waals surface area (Å²) in [6.07, 6.45) is 7.38. The Morgan fingerprint density at radius 1 is 1.06 bits per heavy atom. The summed E-state index contributed by atoms with van der Waals surface area (Å²) >= 11 is 0. The Morgan fingerprint density at radius 2 is 1.78 bits per heavy atom. The van der Waals surface area contributed by atoms with Gasteiger partial charge in [0.15, 0.2) is 5.65 Å². The fraction of sp³-hybridized carbons (Fsp3) is 0.607. The topological polar surface area (TPSA) is 82.3 Å². The number of benzene rings is 1. The third-order valence-corrected chi connectivity index (χ3v) is 7.79. The molecule has 2 fully saturated rings. The van der Waals surface area contributed by atoms with E-state index in [2.05, 4.69) is 69.9 Å². The first kappa shape index (κ1) is 25.1. The quantitative estimate of drug-likeness (QED) is 0.486. The van der Waals surface area contributed by atoms with E-state index in [1.807, 2.05) is 6.20 Å². The molecule has 1 atom stereocenters. The van der Waals surface area contributed by atoms with Crippen molar-refractivity contribution in [1.82, 2.24) is 29.5 Å². The van der Waals surface area contributed by atoms with E-state index in [0.717, 1.165) is 93.5 Å². The normalized spacial score (nSPS) is 22.7. The fourth-order valence-electron chi connectivity index (χ4n) is 5.52. The minimum Gasteiger partial charge on any atom is -0.393 e. The molecule has 1 aliphatic carbocycles. The highest BCUT2D eigenvalue weighted by Gasteiger charge is 2.26. The van der Waals surface area contributed by atoms with Crippen LogP contribution in [0.15, 0.2) is 30.5 Å². The van der Waals surface area contributed by atoms with E-state index in [4.69, 9.17) is 10.1 Å². The van der Waals surface area contributed by atoms with Crippen molar-refractivity contribution in [2.75, 3.05) is 38.5 Å². The molecule has 2 N–H and O–H groups in total. The van der Waals surface area contributed by atoms with Crippen molar-refractivity contribution in [3.8, 4) is 11.3 Å². The van der Waals surface area contributed by atoms with Crippen molar-refractivity contribution in [3.05, 3.63) is 36.0 Å². The molecule has 3 heterocycles. The van der Waals surface area contributed by atoms with Gasteiger partial charge in [-0.3, -0.25) is 4.90 Å². The Hall–Kier alpha value is -2.55. The lowest BCUT2D eigenvalue weighted by Gasteiger charge is -2.32. The number of anilines is 1. The molecule has 1 saturated heterocycles. The molecule has 5 rings (SSSR count). The lowest BCUT2D eigenvalue weighted by molar-refractivity contribution is 0.109. The molecule has 8 nitrogen and oxygen atoms in total. The minimum atomic E-state index is -0.197. The van der Waals surface area contributed by atoms with E-state index in [1.54, 1.807) is 0 Å². The maximum absolute atomic E-state index is 10.0. The molecule has 3 aromatic rings. The number of rotatable bonds is 8. The van der Waals surface area contributed by atoms with Gasteiger partial charge >= 0.3 is 0 Å². The number of fused-ring (bicyclic) bond motifs is 1. The highest BCUT2D eigenvalue weighted by atomic mass is 16.3. The van der Waals surface area contributed by atoms with Crippen LogP contribution < -0.4 is 5.32 Å². The average Bonchev–Trinajstić information content (AvgIpc) is 3.25. The van der Waals surface area contributed by atoms with Gasteiger partial charge in [-0.1, -0.05) is 37.6 Å². The van der Waals surface area contributed by atoms with Gasteiger partial charge in [-0.05, 0) is 51.6 Å². The van der Waals surface area contributed by atoms with Crippen LogP contribution in [0.4, 0.5) is 5.95 Å². The average molecular weight is 492 g/mol. The van der Waals surface area contributed by atoms with Crippen LogP contribution in [0.2, 0.25) is 0 Å². The second-order valence-electron chi connectivity index (χ2n) is 10.8. The molecule has 2 aromatic heterocycles. The van der Waals surface area contributed by atoms with E-state index in [9.17, 15) is 5.11 Å². The van der Waals surface area contributed by atoms with Crippen molar-refractivity contribution < 1.29 is 5.11 Å². The summed E-state index contributed by atoms with van der Waals surface area (Å²) in [5, 5.41) is 19.6. The van der Waals surface area contributed by atoms with Crippen LogP contribution in [0, 0.1) is 0 Å². The number of hydrogen-bond acceptors (Lipinski definition) is 7. The molecule has 1 aromatic carbocycles. The van der Waals surface area contributed by atoms with Crippen LogP contribution in [0.3, 0.4) is 0 Å². The third-order valence-electron chi connectivity index (χ3n) is 7.79. The SMILES string of the molecule is CCC[C@H](C)Nc1ncc2c(-c3ccc(CN4CCN(C)CC4)cc3)nn(C3CCC(O)CC3)c2n1. The Labute approximate surface area is 214 Å². The third kappa shape index (κ3) is 5.71. The van der Waals surface area contributed by atoms with Gasteiger partial charge in [0, 0.05) is 50.5 Å². The van der Waals surface area contributed by atoms with Crippen LogP contribution in [0.1, 0.15) is 64.0 Å². The van der Waals surface area contributed by atoms with Gasteiger partial charge in [-0.15, -0.1) is 0 Å².